The first-order valence-electron chi connectivity index (χ1n) is 10.3. The van der Waals surface area contributed by atoms with Gasteiger partial charge in [0.15, 0.2) is 0 Å². The molecule has 0 bridgehead atoms. The van der Waals surface area contributed by atoms with Gasteiger partial charge in [0.2, 0.25) is 0 Å². The summed E-state index contributed by atoms with van der Waals surface area (Å²) in [7, 11) is 0. The van der Waals surface area contributed by atoms with E-state index in [9.17, 15) is 10.2 Å². The van der Waals surface area contributed by atoms with Crippen LogP contribution in [-0.2, 0) is 12.8 Å². The molecule has 0 saturated heterocycles. The minimum absolute atomic E-state index is 0.354. The van der Waals surface area contributed by atoms with Crippen molar-refractivity contribution in [1.82, 2.24) is 0 Å². The van der Waals surface area contributed by atoms with E-state index in [0.717, 1.165) is 18.4 Å². The van der Waals surface area contributed by atoms with Gasteiger partial charge >= 0.3 is 0 Å². The normalized spacial score (nSPS) is 10.9. The topological polar surface area (TPSA) is 40.5 Å². The molecule has 0 heterocycles. The van der Waals surface area contributed by atoms with E-state index in [0.29, 0.717) is 11.5 Å². The summed E-state index contributed by atoms with van der Waals surface area (Å²) >= 11 is 0. The summed E-state index contributed by atoms with van der Waals surface area (Å²) in [6.07, 6.45) is 15.2. The molecule has 2 aromatic rings. The van der Waals surface area contributed by atoms with Crippen LogP contribution in [0, 0.1) is 0 Å². The van der Waals surface area contributed by atoms with Gasteiger partial charge in [-0.25, -0.2) is 0 Å². The molecule has 2 nitrogen and oxygen atoms in total. The second kappa shape index (κ2) is 12.4. The summed E-state index contributed by atoms with van der Waals surface area (Å²) in [6, 6.07) is 15.3. The lowest BCUT2D eigenvalue weighted by molar-refractivity contribution is 0.465. The number of hydrogen-bond donors (Lipinski definition) is 2. The van der Waals surface area contributed by atoms with Crippen molar-refractivity contribution < 1.29 is 10.2 Å². The van der Waals surface area contributed by atoms with Crippen molar-refractivity contribution in [1.29, 1.82) is 0 Å². The first kappa shape index (κ1) is 20.4. The average Bonchev–Trinajstić information content (AvgIpc) is 2.65. The van der Waals surface area contributed by atoms with Gasteiger partial charge in [0.25, 0.3) is 0 Å². The van der Waals surface area contributed by atoms with Gasteiger partial charge in [-0.05, 0) is 55.0 Å². The van der Waals surface area contributed by atoms with Gasteiger partial charge in [0.1, 0.15) is 11.5 Å². The minimum atomic E-state index is 0.354. The molecule has 0 spiro atoms. The highest BCUT2D eigenvalue weighted by Gasteiger charge is 1.99. The van der Waals surface area contributed by atoms with Gasteiger partial charge in [-0.3, -0.25) is 0 Å². The van der Waals surface area contributed by atoms with E-state index in [1.165, 1.54) is 69.8 Å². The molecule has 2 rings (SSSR count). The van der Waals surface area contributed by atoms with Crippen molar-refractivity contribution >= 4 is 0 Å². The number of benzene rings is 2. The Hall–Kier alpha value is -1.96. The molecule has 2 aromatic carbocycles. The summed E-state index contributed by atoms with van der Waals surface area (Å²) in [5.74, 6) is 0.796. The minimum Gasteiger partial charge on any atom is -0.508 e. The molecule has 142 valence electrons. The fourth-order valence-corrected chi connectivity index (χ4v) is 3.44. The molecule has 0 aromatic heterocycles. The first-order valence-corrected chi connectivity index (χ1v) is 10.3. The number of hydrogen-bond acceptors (Lipinski definition) is 2. The molecule has 2 heteroatoms. The van der Waals surface area contributed by atoms with Crippen molar-refractivity contribution in [3.8, 4) is 11.5 Å². The largest absolute Gasteiger partial charge is 0.508 e. The highest BCUT2D eigenvalue weighted by atomic mass is 16.3. The average molecular weight is 355 g/mol. The van der Waals surface area contributed by atoms with E-state index < -0.39 is 0 Å². The van der Waals surface area contributed by atoms with E-state index >= 15 is 0 Å². The summed E-state index contributed by atoms with van der Waals surface area (Å²) in [5, 5.41) is 19.0. The van der Waals surface area contributed by atoms with Crippen LogP contribution in [0.15, 0.2) is 48.5 Å². The van der Waals surface area contributed by atoms with Crippen molar-refractivity contribution in [3.05, 3.63) is 59.7 Å². The number of phenols is 2. The number of para-hydroxylation sites is 1. The monoisotopic (exact) mass is 354 g/mol. The summed E-state index contributed by atoms with van der Waals surface area (Å²) in [4.78, 5) is 0. The zero-order valence-electron chi connectivity index (χ0n) is 16.0. The fourth-order valence-electron chi connectivity index (χ4n) is 3.44. The van der Waals surface area contributed by atoms with Gasteiger partial charge < -0.3 is 10.2 Å². The Morgan fingerprint density at radius 1 is 0.500 bits per heavy atom. The third-order valence-electron chi connectivity index (χ3n) is 5.09. The van der Waals surface area contributed by atoms with Gasteiger partial charge in [-0.15, -0.1) is 0 Å². The molecule has 0 aliphatic carbocycles. The van der Waals surface area contributed by atoms with Crippen LogP contribution in [0.2, 0.25) is 0 Å². The van der Waals surface area contributed by atoms with Crippen molar-refractivity contribution in [2.24, 2.45) is 0 Å². The van der Waals surface area contributed by atoms with Gasteiger partial charge in [-0.1, -0.05) is 81.7 Å². The smallest absolute Gasteiger partial charge is 0.118 e. The van der Waals surface area contributed by atoms with Crippen molar-refractivity contribution in [2.45, 2.75) is 77.0 Å². The Morgan fingerprint density at radius 2 is 1.00 bits per heavy atom. The molecule has 0 unspecified atom stereocenters. The molecule has 0 radical (unpaired) electrons. The van der Waals surface area contributed by atoms with Crippen LogP contribution in [0.25, 0.3) is 0 Å². The molecule has 0 saturated carbocycles. The van der Waals surface area contributed by atoms with Crippen LogP contribution in [0.4, 0.5) is 0 Å². The number of unbranched alkanes of at least 4 members (excludes halogenated alkanes) is 9. The highest BCUT2D eigenvalue weighted by molar-refractivity contribution is 5.31. The van der Waals surface area contributed by atoms with Crippen LogP contribution in [0.3, 0.4) is 0 Å². The van der Waals surface area contributed by atoms with Crippen LogP contribution < -0.4 is 0 Å². The number of phenolic OH excluding ortho intramolecular Hbond substituents is 2. The second-order valence-corrected chi connectivity index (χ2v) is 7.33. The molecule has 2 N–H and O–H groups in total. The predicted octanol–water partition coefficient (Wildman–Crippen LogP) is 6.78. The Morgan fingerprint density at radius 3 is 1.58 bits per heavy atom. The highest BCUT2D eigenvalue weighted by Crippen LogP contribution is 2.19. The zero-order valence-corrected chi connectivity index (χ0v) is 16.0. The maximum atomic E-state index is 9.74. The van der Waals surface area contributed by atoms with E-state index in [-0.39, 0.29) is 0 Å². The van der Waals surface area contributed by atoms with E-state index in [1.54, 1.807) is 18.2 Å². The molecule has 0 atom stereocenters. The fraction of sp³-hybridized carbons (Fsp3) is 0.500. The summed E-state index contributed by atoms with van der Waals surface area (Å²) in [5.41, 5.74) is 2.41. The lowest BCUT2D eigenvalue weighted by Crippen LogP contribution is -1.88. The SMILES string of the molecule is Oc1ccc(CCCCCCCCCCCCc2ccccc2O)cc1. The summed E-state index contributed by atoms with van der Waals surface area (Å²) in [6.45, 7) is 0. The number of rotatable bonds is 13. The Bertz CT molecular complexity index is 604. The van der Waals surface area contributed by atoms with E-state index in [1.807, 2.05) is 30.3 Å². The lowest BCUT2D eigenvalue weighted by atomic mass is 10.0. The van der Waals surface area contributed by atoms with Crippen LogP contribution >= 0.6 is 0 Å². The Balaban J connectivity index is 1.36. The second-order valence-electron chi connectivity index (χ2n) is 7.33. The summed E-state index contributed by atoms with van der Waals surface area (Å²) < 4.78 is 0. The van der Waals surface area contributed by atoms with E-state index in [2.05, 4.69) is 0 Å². The van der Waals surface area contributed by atoms with Crippen LogP contribution in [-0.4, -0.2) is 10.2 Å². The number of aryl methyl sites for hydroxylation is 2. The van der Waals surface area contributed by atoms with Crippen LogP contribution in [0.1, 0.15) is 75.3 Å². The quantitative estimate of drug-likeness (QED) is 0.389. The molecular formula is C24H34O2. The molecule has 26 heavy (non-hydrogen) atoms. The molecule has 0 aliphatic heterocycles. The molecular weight excluding hydrogens is 320 g/mol. The first-order chi connectivity index (χ1) is 12.8. The van der Waals surface area contributed by atoms with E-state index in [4.69, 9.17) is 0 Å². The predicted molar refractivity (Wildman–Crippen MR) is 110 cm³/mol. The third-order valence-corrected chi connectivity index (χ3v) is 5.09. The lowest BCUT2D eigenvalue weighted by Gasteiger charge is -2.05. The number of aromatic hydroxyl groups is 2. The molecule has 0 aliphatic rings. The Labute approximate surface area is 158 Å². The van der Waals surface area contributed by atoms with Crippen molar-refractivity contribution in [3.63, 3.8) is 0 Å². The standard InChI is InChI=1S/C24H34O2/c25-23-19-17-21(18-20-23)13-9-7-5-3-1-2-4-6-8-10-14-22-15-11-12-16-24(22)26/h11-12,15-20,25-26H,1-10,13-14H2. The van der Waals surface area contributed by atoms with Gasteiger partial charge in [0, 0.05) is 0 Å². The maximum absolute atomic E-state index is 9.74. The molecule has 0 fully saturated rings. The maximum Gasteiger partial charge on any atom is 0.118 e. The zero-order chi connectivity index (χ0) is 18.5. The third kappa shape index (κ3) is 8.42. The van der Waals surface area contributed by atoms with Gasteiger partial charge in [0.05, 0.1) is 0 Å². The Kier molecular flexibility index (Phi) is 9.71. The molecule has 0 amide bonds. The van der Waals surface area contributed by atoms with Crippen LogP contribution in [0.5, 0.6) is 11.5 Å². The van der Waals surface area contributed by atoms with Crippen molar-refractivity contribution in [2.75, 3.05) is 0 Å². The van der Waals surface area contributed by atoms with Gasteiger partial charge in [-0.2, -0.15) is 0 Å².